The predicted octanol–water partition coefficient (Wildman–Crippen LogP) is 11.7. The van der Waals surface area contributed by atoms with Crippen LogP contribution in [0.3, 0.4) is 0 Å². The van der Waals surface area contributed by atoms with Gasteiger partial charge in [0.1, 0.15) is 12.6 Å². The number of hydrogen-bond acceptors (Lipinski definition) is 4. The topological polar surface area (TPSA) is 92.7 Å². The fourth-order valence-electron chi connectivity index (χ4n) is 5.58. The van der Waals surface area contributed by atoms with Crippen molar-refractivity contribution >= 4 is 17.8 Å². The Bertz CT molecular complexity index is 819. The van der Waals surface area contributed by atoms with Crippen molar-refractivity contribution < 1.29 is 24.2 Å². The molecule has 0 heterocycles. The van der Waals surface area contributed by atoms with Crippen molar-refractivity contribution in [3.63, 3.8) is 0 Å². The third-order valence-electron chi connectivity index (χ3n) is 8.52. The lowest BCUT2D eigenvalue weighted by atomic mass is 10.1. The summed E-state index contributed by atoms with van der Waals surface area (Å²) < 4.78 is 5.90. The second-order valence-corrected chi connectivity index (χ2v) is 13.2. The van der Waals surface area contributed by atoms with Crippen molar-refractivity contribution in [1.82, 2.24) is 5.32 Å². The van der Waals surface area contributed by atoms with Crippen molar-refractivity contribution in [3.05, 3.63) is 36.5 Å². The Labute approximate surface area is 289 Å². The molecule has 272 valence electrons. The number of allylic oxidation sites excluding steroid dienone is 5. The molecule has 6 nitrogen and oxygen atoms in total. The molecule has 6 heteroatoms. The molecular weight excluding hydrogens is 586 g/mol. The minimum Gasteiger partial charge on any atom is -0.480 e. The molecule has 1 unspecified atom stereocenters. The van der Waals surface area contributed by atoms with Crippen LogP contribution in [0.15, 0.2) is 36.5 Å². The standard InChI is InChI=1S/C41H73NO5/c1-3-5-7-9-11-13-14-15-16-17-18-19-20-22-28-32-36-41(46)47-38(33-29-25-21-12-10-8-6-4-2)34-30-26-23-24-27-31-35-39(43)42-37-40(44)45/h12,16-17,21,29,33,38H,3-11,13-15,18-20,22-28,30-32,34-37H2,1-2H3,(H,42,43)(H,44,45)/b17-16-,21-12-,33-29-. The molecule has 0 aliphatic carbocycles. The average Bonchev–Trinajstić information content (AvgIpc) is 3.05. The molecule has 1 amide bonds. The maximum atomic E-state index is 12.6. The summed E-state index contributed by atoms with van der Waals surface area (Å²) in [6.07, 6.45) is 44.2. The number of carbonyl (C=O) groups excluding carboxylic acids is 2. The van der Waals surface area contributed by atoms with E-state index in [1.165, 1.54) is 96.3 Å². The van der Waals surface area contributed by atoms with Gasteiger partial charge in [0.05, 0.1) is 0 Å². The second kappa shape index (κ2) is 36.5. The van der Waals surface area contributed by atoms with E-state index in [-0.39, 0.29) is 24.5 Å². The molecule has 0 aromatic carbocycles. The SMILES string of the molecule is CCCCC/C=C\C/C=C\C(CCCCCCCCC(=O)NCC(=O)O)OC(=O)CCCCCCC/C=C\CCCCCCCCC. The minimum absolute atomic E-state index is 0.0794. The highest BCUT2D eigenvalue weighted by Crippen LogP contribution is 2.15. The van der Waals surface area contributed by atoms with Crippen molar-refractivity contribution in [2.45, 2.75) is 200 Å². The number of carbonyl (C=O) groups is 3. The number of esters is 1. The third-order valence-corrected chi connectivity index (χ3v) is 8.52. The average molecular weight is 660 g/mol. The molecule has 47 heavy (non-hydrogen) atoms. The van der Waals surface area contributed by atoms with Crippen LogP contribution in [0.5, 0.6) is 0 Å². The zero-order chi connectivity index (χ0) is 34.5. The van der Waals surface area contributed by atoms with E-state index < -0.39 is 5.97 Å². The van der Waals surface area contributed by atoms with E-state index in [9.17, 15) is 14.4 Å². The van der Waals surface area contributed by atoms with Gasteiger partial charge in [-0.25, -0.2) is 0 Å². The van der Waals surface area contributed by atoms with E-state index in [2.05, 4.69) is 55.6 Å². The normalized spacial score (nSPS) is 12.4. The maximum Gasteiger partial charge on any atom is 0.322 e. The fraction of sp³-hybridized carbons (Fsp3) is 0.780. The van der Waals surface area contributed by atoms with E-state index in [0.717, 1.165) is 70.6 Å². The first-order valence-electron chi connectivity index (χ1n) is 19.6. The minimum atomic E-state index is -1.02. The molecule has 0 radical (unpaired) electrons. The number of nitrogens with one attached hydrogen (secondary N) is 1. The molecule has 0 saturated heterocycles. The third kappa shape index (κ3) is 36.3. The van der Waals surface area contributed by atoms with E-state index in [1.807, 2.05) is 0 Å². The van der Waals surface area contributed by atoms with Gasteiger partial charge >= 0.3 is 11.9 Å². The van der Waals surface area contributed by atoms with Crippen molar-refractivity contribution in [3.8, 4) is 0 Å². The first kappa shape index (κ1) is 44.6. The zero-order valence-electron chi connectivity index (χ0n) is 30.6. The van der Waals surface area contributed by atoms with Gasteiger partial charge in [0.2, 0.25) is 5.91 Å². The predicted molar refractivity (Wildman–Crippen MR) is 199 cm³/mol. The van der Waals surface area contributed by atoms with Gasteiger partial charge in [-0.05, 0) is 76.7 Å². The number of hydrogen-bond donors (Lipinski definition) is 2. The Morgan fingerprint density at radius 2 is 1.04 bits per heavy atom. The highest BCUT2D eigenvalue weighted by molar-refractivity contribution is 5.80. The highest BCUT2D eigenvalue weighted by atomic mass is 16.5. The summed E-state index contributed by atoms with van der Waals surface area (Å²) in [5.74, 6) is -1.30. The number of aliphatic carboxylic acids is 1. The summed E-state index contributed by atoms with van der Waals surface area (Å²) in [6, 6.07) is 0. The van der Waals surface area contributed by atoms with Crippen LogP contribution in [0, 0.1) is 0 Å². The van der Waals surface area contributed by atoms with Crippen LogP contribution in [0.4, 0.5) is 0 Å². The maximum absolute atomic E-state index is 12.6. The number of rotatable bonds is 35. The molecular formula is C41H73NO5. The summed E-state index contributed by atoms with van der Waals surface area (Å²) >= 11 is 0. The smallest absolute Gasteiger partial charge is 0.322 e. The van der Waals surface area contributed by atoms with Gasteiger partial charge in [0.15, 0.2) is 0 Å². The number of carboxylic acid groups (broad SMARTS) is 1. The molecule has 0 aliphatic heterocycles. The summed E-state index contributed by atoms with van der Waals surface area (Å²) in [5, 5.41) is 11.0. The molecule has 0 bridgehead atoms. The zero-order valence-corrected chi connectivity index (χ0v) is 30.6. The van der Waals surface area contributed by atoms with Crippen molar-refractivity contribution in [2.24, 2.45) is 0 Å². The lowest BCUT2D eigenvalue weighted by molar-refractivity contribution is -0.147. The molecule has 1 atom stereocenters. The monoisotopic (exact) mass is 660 g/mol. The van der Waals surface area contributed by atoms with Crippen LogP contribution in [0.25, 0.3) is 0 Å². The fourth-order valence-corrected chi connectivity index (χ4v) is 5.58. The molecule has 2 N–H and O–H groups in total. The van der Waals surface area contributed by atoms with Crippen LogP contribution in [-0.4, -0.2) is 35.6 Å². The van der Waals surface area contributed by atoms with E-state index in [0.29, 0.717) is 12.8 Å². The largest absolute Gasteiger partial charge is 0.480 e. The molecule has 0 aromatic heterocycles. The number of ether oxygens (including phenoxy) is 1. The summed E-state index contributed by atoms with van der Waals surface area (Å²) in [4.78, 5) is 34.8. The lowest BCUT2D eigenvalue weighted by Gasteiger charge is -2.14. The summed E-state index contributed by atoms with van der Waals surface area (Å²) in [5.41, 5.74) is 0. The van der Waals surface area contributed by atoms with E-state index in [1.54, 1.807) is 0 Å². The molecule has 0 spiro atoms. The molecule has 0 aromatic rings. The Balaban J connectivity index is 4.16. The van der Waals surface area contributed by atoms with Crippen LogP contribution < -0.4 is 5.32 Å². The van der Waals surface area contributed by atoms with E-state index >= 15 is 0 Å². The van der Waals surface area contributed by atoms with Crippen LogP contribution >= 0.6 is 0 Å². The Kier molecular flexibility index (Phi) is 34.6. The molecule has 0 saturated carbocycles. The second-order valence-electron chi connectivity index (χ2n) is 13.2. The van der Waals surface area contributed by atoms with Gasteiger partial charge in [-0.2, -0.15) is 0 Å². The van der Waals surface area contributed by atoms with Crippen LogP contribution in [0.1, 0.15) is 194 Å². The van der Waals surface area contributed by atoms with Crippen LogP contribution in [0.2, 0.25) is 0 Å². The Hall–Kier alpha value is -2.37. The van der Waals surface area contributed by atoms with Gasteiger partial charge in [-0.1, -0.05) is 141 Å². The van der Waals surface area contributed by atoms with Crippen molar-refractivity contribution in [2.75, 3.05) is 6.54 Å². The Morgan fingerprint density at radius 3 is 1.64 bits per heavy atom. The molecule has 0 fully saturated rings. The molecule has 0 aliphatic rings. The van der Waals surface area contributed by atoms with Crippen molar-refractivity contribution in [1.29, 1.82) is 0 Å². The highest BCUT2D eigenvalue weighted by Gasteiger charge is 2.11. The quantitative estimate of drug-likeness (QED) is 0.0401. The summed E-state index contributed by atoms with van der Waals surface area (Å²) in [6.45, 7) is 4.18. The van der Waals surface area contributed by atoms with Gasteiger partial charge in [-0.15, -0.1) is 0 Å². The lowest BCUT2D eigenvalue weighted by Crippen LogP contribution is -2.28. The summed E-state index contributed by atoms with van der Waals surface area (Å²) in [7, 11) is 0. The first-order chi connectivity index (χ1) is 23.0. The molecule has 0 rings (SSSR count). The number of unbranched alkanes of at least 4 members (excludes halogenated alkanes) is 20. The van der Waals surface area contributed by atoms with E-state index in [4.69, 9.17) is 9.84 Å². The first-order valence-corrected chi connectivity index (χ1v) is 19.6. The van der Waals surface area contributed by atoms with Crippen LogP contribution in [-0.2, 0) is 19.1 Å². The van der Waals surface area contributed by atoms with Gasteiger partial charge in [0, 0.05) is 12.8 Å². The number of carboxylic acids is 1. The number of amides is 1. The van der Waals surface area contributed by atoms with Gasteiger partial charge in [0.25, 0.3) is 0 Å². The Morgan fingerprint density at radius 1 is 0.574 bits per heavy atom. The van der Waals surface area contributed by atoms with Gasteiger partial charge in [-0.3, -0.25) is 14.4 Å². The van der Waals surface area contributed by atoms with Gasteiger partial charge < -0.3 is 15.2 Å².